The quantitative estimate of drug-likeness (QED) is 0.270. The van der Waals surface area contributed by atoms with Gasteiger partial charge in [-0.1, -0.05) is 25.8 Å². The highest BCUT2D eigenvalue weighted by atomic mass is 127. The summed E-state index contributed by atoms with van der Waals surface area (Å²) in [4.78, 5) is 9.08. The Balaban J connectivity index is 0.00000392. The van der Waals surface area contributed by atoms with E-state index in [9.17, 15) is 0 Å². The van der Waals surface area contributed by atoms with Gasteiger partial charge in [-0.3, -0.25) is 0 Å². The minimum absolute atomic E-state index is 0. The molecule has 1 aromatic heterocycles. The lowest BCUT2D eigenvalue weighted by atomic mass is 9.83. The standard InChI is InChI=1S/C21H36N4O2.HI/c1-4-13-27-19-9-8-18(15-23-19)16-24-20(22-5-2)25-17-21(12-14-26-3)10-6-7-11-21;/h8-9,15H,4-7,10-14,16-17H2,1-3H3,(H2,22,24,25);1H. The number of pyridine rings is 1. The van der Waals surface area contributed by atoms with E-state index < -0.39 is 0 Å². The molecular weight excluding hydrogens is 467 g/mol. The smallest absolute Gasteiger partial charge is 0.213 e. The number of halogens is 1. The molecule has 0 bridgehead atoms. The molecule has 1 aliphatic rings. The molecule has 0 aliphatic heterocycles. The molecule has 1 saturated carbocycles. The minimum Gasteiger partial charge on any atom is -0.478 e. The van der Waals surface area contributed by atoms with Crippen LogP contribution in [-0.2, 0) is 11.3 Å². The fraction of sp³-hybridized carbons (Fsp3) is 0.714. The SMILES string of the molecule is CCCOc1ccc(CN=C(NCC)NCC2(CCOC)CCCC2)cn1.I. The largest absolute Gasteiger partial charge is 0.478 e. The van der Waals surface area contributed by atoms with E-state index in [1.165, 1.54) is 25.7 Å². The Morgan fingerprint density at radius 1 is 1.18 bits per heavy atom. The average molecular weight is 504 g/mol. The van der Waals surface area contributed by atoms with Crippen molar-refractivity contribution in [3.8, 4) is 5.88 Å². The minimum atomic E-state index is 0. The Morgan fingerprint density at radius 3 is 2.57 bits per heavy atom. The van der Waals surface area contributed by atoms with E-state index in [0.29, 0.717) is 24.4 Å². The first kappa shape index (κ1) is 24.9. The molecule has 6 nitrogen and oxygen atoms in total. The van der Waals surface area contributed by atoms with Crippen LogP contribution in [0.5, 0.6) is 5.88 Å². The van der Waals surface area contributed by atoms with Crippen molar-refractivity contribution in [3.05, 3.63) is 23.9 Å². The summed E-state index contributed by atoms with van der Waals surface area (Å²) in [6.45, 7) is 8.10. The number of hydrogen-bond acceptors (Lipinski definition) is 4. The van der Waals surface area contributed by atoms with Gasteiger partial charge in [0.15, 0.2) is 5.96 Å². The van der Waals surface area contributed by atoms with Crippen LogP contribution in [-0.4, -0.2) is 44.4 Å². The zero-order chi connectivity index (χ0) is 19.4. The molecule has 0 amide bonds. The fourth-order valence-corrected chi connectivity index (χ4v) is 3.54. The molecule has 0 unspecified atom stereocenters. The van der Waals surface area contributed by atoms with Crippen molar-refractivity contribution in [2.24, 2.45) is 10.4 Å². The van der Waals surface area contributed by atoms with Crippen molar-refractivity contribution in [1.29, 1.82) is 0 Å². The van der Waals surface area contributed by atoms with Gasteiger partial charge in [0.25, 0.3) is 0 Å². The lowest BCUT2D eigenvalue weighted by molar-refractivity contribution is 0.138. The molecule has 28 heavy (non-hydrogen) atoms. The van der Waals surface area contributed by atoms with E-state index >= 15 is 0 Å². The van der Waals surface area contributed by atoms with Gasteiger partial charge in [0, 0.05) is 39.1 Å². The van der Waals surface area contributed by atoms with E-state index in [-0.39, 0.29) is 24.0 Å². The first-order valence-corrected chi connectivity index (χ1v) is 10.3. The summed E-state index contributed by atoms with van der Waals surface area (Å²) in [5.41, 5.74) is 1.41. The maximum absolute atomic E-state index is 5.53. The van der Waals surface area contributed by atoms with E-state index in [2.05, 4.69) is 29.5 Å². The highest BCUT2D eigenvalue weighted by Gasteiger charge is 2.33. The average Bonchev–Trinajstić information content (AvgIpc) is 3.17. The highest BCUT2D eigenvalue weighted by Crippen LogP contribution is 2.40. The predicted octanol–water partition coefficient (Wildman–Crippen LogP) is 4.14. The van der Waals surface area contributed by atoms with Crippen molar-refractivity contribution in [3.63, 3.8) is 0 Å². The number of guanidine groups is 1. The number of aliphatic imine (C=N–C) groups is 1. The van der Waals surface area contributed by atoms with Crippen LogP contribution < -0.4 is 15.4 Å². The van der Waals surface area contributed by atoms with Crippen LogP contribution in [0.1, 0.15) is 57.9 Å². The van der Waals surface area contributed by atoms with Crippen LogP contribution in [0.2, 0.25) is 0 Å². The summed E-state index contributed by atoms with van der Waals surface area (Å²) in [7, 11) is 1.79. The van der Waals surface area contributed by atoms with Crippen LogP contribution >= 0.6 is 24.0 Å². The Labute approximate surface area is 187 Å². The first-order valence-electron chi connectivity index (χ1n) is 10.3. The normalized spacial score (nSPS) is 15.8. The summed E-state index contributed by atoms with van der Waals surface area (Å²) in [6, 6.07) is 3.95. The van der Waals surface area contributed by atoms with E-state index in [4.69, 9.17) is 14.5 Å². The van der Waals surface area contributed by atoms with E-state index in [0.717, 1.165) is 44.1 Å². The lowest BCUT2D eigenvalue weighted by Crippen LogP contribution is -2.43. The summed E-state index contributed by atoms with van der Waals surface area (Å²) >= 11 is 0. The maximum atomic E-state index is 5.53. The third kappa shape index (κ3) is 8.51. The first-order chi connectivity index (χ1) is 13.2. The molecule has 2 N–H and O–H groups in total. The third-order valence-electron chi connectivity index (χ3n) is 5.15. The summed E-state index contributed by atoms with van der Waals surface area (Å²) in [5, 5.41) is 6.91. The Bertz CT molecular complexity index is 560. The molecule has 1 heterocycles. The summed E-state index contributed by atoms with van der Waals surface area (Å²) in [5.74, 6) is 1.54. The Morgan fingerprint density at radius 2 is 1.96 bits per heavy atom. The monoisotopic (exact) mass is 504 g/mol. The molecule has 0 aromatic carbocycles. The van der Waals surface area contributed by atoms with Crippen LogP contribution in [0.25, 0.3) is 0 Å². The second-order valence-corrected chi connectivity index (χ2v) is 7.35. The van der Waals surface area contributed by atoms with Crippen molar-refractivity contribution in [2.75, 3.05) is 33.4 Å². The predicted molar refractivity (Wildman–Crippen MR) is 126 cm³/mol. The summed E-state index contributed by atoms with van der Waals surface area (Å²) in [6.07, 6.45) is 9.11. The summed E-state index contributed by atoms with van der Waals surface area (Å²) < 4.78 is 10.9. The molecule has 0 spiro atoms. The highest BCUT2D eigenvalue weighted by molar-refractivity contribution is 14.0. The topological polar surface area (TPSA) is 67.8 Å². The van der Waals surface area contributed by atoms with Gasteiger partial charge in [-0.15, -0.1) is 24.0 Å². The van der Waals surface area contributed by atoms with Gasteiger partial charge in [-0.05, 0) is 43.6 Å². The Kier molecular flexibility index (Phi) is 12.5. The van der Waals surface area contributed by atoms with Gasteiger partial charge in [0.2, 0.25) is 5.88 Å². The molecule has 7 heteroatoms. The van der Waals surface area contributed by atoms with Crippen LogP contribution in [0.3, 0.4) is 0 Å². The number of methoxy groups -OCH3 is 1. The van der Waals surface area contributed by atoms with Gasteiger partial charge in [-0.2, -0.15) is 0 Å². The third-order valence-corrected chi connectivity index (χ3v) is 5.15. The van der Waals surface area contributed by atoms with E-state index in [1.807, 2.05) is 18.3 Å². The van der Waals surface area contributed by atoms with Crippen molar-refractivity contribution in [2.45, 2.75) is 58.9 Å². The fourth-order valence-electron chi connectivity index (χ4n) is 3.54. The van der Waals surface area contributed by atoms with Gasteiger partial charge in [-0.25, -0.2) is 9.98 Å². The molecular formula is C21H37IN4O2. The van der Waals surface area contributed by atoms with Gasteiger partial charge in [0.1, 0.15) is 0 Å². The van der Waals surface area contributed by atoms with Gasteiger partial charge >= 0.3 is 0 Å². The maximum Gasteiger partial charge on any atom is 0.213 e. The molecule has 0 radical (unpaired) electrons. The number of ether oxygens (including phenoxy) is 2. The number of hydrogen-bond donors (Lipinski definition) is 2. The second kappa shape index (κ2) is 14.0. The number of aromatic nitrogens is 1. The van der Waals surface area contributed by atoms with Crippen molar-refractivity contribution >= 4 is 29.9 Å². The molecule has 1 aliphatic carbocycles. The zero-order valence-corrected chi connectivity index (χ0v) is 20.0. The van der Waals surface area contributed by atoms with E-state index in [1.54, 1.807) is 7.11 Å². The van der Waals surface area contributed by atoms with Gasteiger partial charge in [0.05, 0.1) is 13.2 Å². The second-order valence-electron chi connectivity index (χ2n) is 7.35. The Hall–Kier alpha value is -1.09. The lowest BCUT2D eigenvalue weighted by Gasteiger charge is -2.30. The molecule has 2 rings (SSSR count). The molecule has 1 fully saturated rings. The zero-order valence-electron chi connectivity index (χ0n) is 17.6. The molecule has 0 atom stereocenters. The van der Waals surface area contributed by atoms with Gasteiger partial charge < -0.3 is 20.1 Å². The number of rotatable bonds is 11. The molecule has 160 valence electrons. The van der Waals surface area contributed by atoms with Crippen molar-refractivity contribution < 1.29 is 9.47 Å². The van der Waals surface area contributed by atoms with Crippen LogP contribution in [0.15, 0.2) is 23.3 Å². The van der Waals surface area contributed by atoms with Crippen molar-refractivity contribution in [1.82, 2.24) is 15.6 Å². The number of nitrogens with zero attached hydrogens (tertiary/aromatic N) is 2. The molecule has 1 aromatic rings. The van der Waals surface area contributed by atoms with Crippen LogP contribution in [0.4, 0.5) is 0 Å². The van der Waals surface area contributed by atoms with Crippen LogP contribution in [0, 0.1) is 5.41 Å². The molecule has 0 saturated heterocycles. The number of nitrogens with one attached hydrogen (secondary N) is 2.